The molecule has 0 bridgehead atoms. The predicted octanol–water partition coefficient (Wildman–Crippen LogP) is 2.23. The number of halogens is 1. The lowest BCUT2D eigenvalue weighted by Gasteiger charge is -2.21. The van der Waals surface area contributed by atoms with Gasteiger partial charge in [-0.15, -0.1) is 0 Å². The van der Waals surface area contributed by atoms with Crippen LogP contribution in [0.4, 0.5) is 11.4 Å². The number of hydrazine groups is 1. The minimum atomic E-state index is 0.746. The molecule has 2 aliphatic rings. The van der Waals surface area contributed by atoms with Crippen molar-refractivity contribution < 1.29 is 0 Å². The van der Waals surface area contributed by atoms with Crippen molar-refractivity contribution in [2.24, 2.45) is 0 Å². The van der Waals surface area contributed by atoms with Gasteiger partial charge in [0.2, 0.25) is 0 Å². The van der Waals surface area contributed by atoms with Crippen LogP contribution in [0, 0.1) is 0 Å². The summed E-state index contributed by atoms with van der Waals surface area (Å²) >= 11 is 6.03. The summed E-state index contributed by atoms with van der Waals surface area (Å²) in [5.74, 6) is 1.15. The van der Waals surface area contributed by atoms with Crippen molar-refractivity contribution in [3.05, 3.63) is 34.6 Å². The van der Waals surface area contributed by atoms with E-state index in [0.29, 0.717) is 0 Å². The highest BCUT2D eigenvalue weighted by atomic mass is 35.5. The van der Waals surface area contributed by atoms with E-state index in [-0.39, 0.29) is 0 Å². The number of fused-ring (bicyclic) bond motifs is 1. The van der Waals surface area contributed by atoms with E-state index in [4.69, 9.17) is 11.6 Å². The molecule has 5 heteroatoms. The lowest BCUT2D eigenvalue weighted by molar-refractivity contribution is 0.300. The molecule has 4 nitrogen and oxygen atoms in total. The highest BCUT2D eigenvalue weighted by Gasteiger charge is 2.24. The fourth-order valence-corrected chi connectivity index (χ4v) is 2.39. The average Bonchev–Trinajstić information content (AvgIpc) is 2.62. The lowest BCUT2D eigenvalue weighted by atomic mass is 10.2. The third-order valence-electron chi connectivity index (χ3n) is 3.13. The second-order valence-electron chi connectivity index (χ2n) is 4.20. The van der Waals surface area contributed by atoms with Gasteiger partial charge in [0.25, 0.3) is 0 Å². The second-order valence-corrected chi connectivity index (χ2v) is 4.64. The zero-order valence-corrected chi connectivity index (χ0v) is 10.4. The first-order chi connectivity index (χ1) is 8.28. The largest absolute Gasteiger partial charge is 0.379 e. The van der Waals surface area contributed by atoms with Gasteiger partial charge in [-0.3, -0.25) is 5.01 Å². The predicted molar refractivity (Wildman–Crippen MR) is 71.0 cm³/mol. The third-order valence-corrected chi connectivity index (χ3v) is 3.37. The Morgan fingerprint density at radius 3 is 3.00 bits per heavy atom. The first kappa shape index (κ1) is 10.7. The summed E-state index contributed by atoms with van der Waals surface area (Å²) < 4.78 is 0. The molecule has 0 aliphatic carbocycles. The van der Waals surface area contributed by atoms with E-state index in [2.05, 4.69) is 28.0 Å². The van der Waals surface area contributed by atoms with E-state index in [1.165, 1.54) is 5.57 Å². The van der Waals surface area contributed by atoms with Gasteiger partial charge in [0.1, 0.15) is 5.82 Å². The van der Waals surface area contributed by atoms with Crippen molar-refractivity contribution in [3.63, 3.8) is 0 Å². The van der Waals surface area contributed by atoms with Crippen molar-refractivity contribution >= 4 is 23.0 Å². The van der Waals surface area contributed by atoms with Crippen LogP contribution in [0.25, 0.3) is 0 Å². The summed E-state index contributed by atoms with van der Waals surface area (Å²) in [6, 6.07) is 5.86. The standard InChI is InChI=1S/C12H15ClN4/c1-2-17-12-8(7-15-17)6-14-10-4-3-9(13)5-11(10)16-12/h3-5,14-16H,2,6-7H2,1H3. The molecule has 0 unspecified atom stereocenters. The monoisotopic (exact) mass is 250 g/mol. The Bertz CT molecular complexity index is 483. The van der Waals surface area contributed by atoms with Crippen molar-refractivity contribution in [3.8, 4) is 0 Å². The Morgan fingerprint density at radius 2 is 2.18 bits per heavy atom. The molecular formula is C12H15ClN4. The van der Waals surface area contributed by atoms with E-state index < -0.39 is 0 Å². The Kier molecular flexibility index (Phi) is 2.61. The fraction of sp³-hybridized carbons (Fsp3) is 0.333. The molecule has 3 rings (SSSR count). The van der Waals surface area contributed by atoms with Gasteiger partial charge >= 0.3 is 0 Å². The van der Waals surface area contributed by atoms with Crippen LogP contribution in [0.15, 0.2) is 29.6 Å². The molecule has 0 fully saturated rings. The normalized spacial score (nSPS) is 18.1. The van der Waals surface area contributed by atoms with Crippen LogP contribution in [0.3, 0.4) is 0 Å². The second kappa shape index (κ2) is 4.13. The van der Waals surface area contributed by atoms with Gasteiger partial charge in [-0.2, -0.15) is 0 Å². The van der Waals surface area contributed by atoms with Crippen molar-refractivity contribution in [2.75, 3.05) is 30.3 Å². The van der Waals surface area contributed by atoms with Crippen molar-refractivity contribution in [1.29, 1.82) is 0 Å². The molecular weight excluding hydrogens is 236 g/mol. The average molecular weight is 251 g/mol. The summed E-state index contributed by atoms with van der Waals surface area (Å²) in [6.07, 6.45) is 0. The summed E-state index contributed by atoms with van der Waals surface area (Å²) in [4.78, 5) is 0. The molecule has 0 radical (unpaired) electrons. The third kappa shape index (κ3) is 1.83. The Hall–Kier alpha value is -1.39. The van der Waals surface area contributed by atoms with E-state index in [9.17, 15) is 0 Å². The van der Waals surface area contributed by atoms with Crippen LogP contribution in [0.2, 0.25) is 5.02 Å². The van der Waals surface area contributed by atoms with Gasteiger partial charge in [0.15, 0.2) is 0 Å². The van der Waals surface area contributed by atoms with E-state index in [1.807, 2.05) is 18.2 Å². The van der Waals surface area contributed by atoms with Crippen LogP contribution in [-0.2, 0) is 0 Å². The van der Waals surface area contributed by atoms with Gasteiger partial charge in [-0.1, -0.05) is 11.6 Å². The molecule has 0 aromatic heterocycles. The van der Waals surface area contributed by atoms with E-state index in [1.54, 1.807) is 0 Å². The molecule has 17 heavy (non-hydrogen) atoms. The van der Waals surface area contributed by atoms with Gasteiger partial charge in [0, 0.05) is 30.2 Å². The number of benzene rings is 1. The van der Waals surface area contributed by atoms with Gasteiger partial charge in [-0.25, -0.2) is 5.43 Å². The fourth-order valence-electron chi connectivity index (χ4n) is 2.22. The topological polar surface area (TPSA) is 39.3 Å². The zero-order chi connectivity index (χ0) is 11.8. The molecule has 2 heterocycles. The Labute approximate surface area is 106 Å². The summed E-state index contributed by atoms with van der Waals surface area (Å²) in [7, 11) is 0. The highest BCUT2D eigenvalue weighted by Crippen LogP contribution is 2.31. The molecule has 2 aliphatic heterocycles. The molecule has 0 atom stereocenters. The van der Waals surface area contributed by atoms with E-state index in [0.717, 1.165) is 41.9 Å². The van der Waals surface area contributed by atoms with Crippen molar-refractivity contribution in [2.45, 2.75) is 6.92 Å². The number of rotatable bonds is 1. The van der Waals surface area contributed by atoms with Gasteiger partial charge < -0.3 is 10.6 Å². The maximum absolute atomic E-state index is 6.03. The minimum Gasteiger partial charge on any atom is -0.379 e. The molecule has 3 N–H and O–H groups in total. The number of hydrogen-bond acceptors (Lipinski definition) is 4. The molecule has 90 valence electrons. The van der Waals surface area contributed by atoms with Crippen molar-refractivity contribution in [1.82, 2.24) is 10.4 Å². The molecule has 0 spiro atoms. The maximum Gasteiger partial charge on any atom is 0.123 e. The number of nitrogens with one attached hydrogen (secondary N) is 3. The number of nitrogens with zero attached hydrogens (tertiary/aromatic N) is 1. The maximum atomic E-state index is 6.03. The first-order valence-corrected chi connectivity index (χ1v) is 6.19. The van der Waals surface area contributed by atoms with Crippen LogP contribution in [0.5, 0.6) is 0 Å². The minimum absolute atomic E-state index is 0.746. The molecule has 1 aromatic rings. The molecule has 1 aromatic carbocycles. The Morgan fingerprint density at radius 1 is 1.29 bits per heavy atom. The smallest absolute Gasteiger partial charge is 0.123 e. The quantitative estimate of drug-likeness (QED) is 0.715. The number of anilines is 2. The van der Waals surface area contributed by atoms with E-state index >= 15 is 0 Å². The van der Waals surface area contributed by atoms with Gasteiger partial charge in [0.05, 0.1) is 11.4 Å². The van der Waals surface area contributed by atoms with Gasteiger partial charge in [-0.05, 0) is 25.1 Å². The molecule has 0 amide bonds. The summed E-state index contributed by atoms with van der Waals surface area (Å²) in [6.45, 7) is 4.81. The SMILES string of the molecule is CCN1NCC2=C1Nc1cc(Cl)ccc1NC2. The molecule has 0 saturated carbocycles. The highest BCUT2D eigenvalue weighted by molar-refractivity contribution is 6.31. The lowest BCUT2D eigenvalue weighted by Crippen LogP contribution is -2.33. The first-order valence-electron chi connectivity index (χ1n) is 5.81. The number of hydrogen-bond donors (Lipinski definition) is 3. The summed E-state index contributed by atoms with van der Waals surface area (Å²) in [5, 5.41) is 9.76. The Balaban J connectivity index is 1.98. The van der Waals surface area contributed by atoms with Crippen LogP contribution < -0.4 is 16.1 Å². The summed E-state index contributed by atoms with van der Waals surface area (Å²) in [5.41, 5.74) is 6.82. The van der Waals surface area contributed by atoms with Crippen LogP contribution in [-0.4, -0.2) is 24.6 Å². The zero-order valence-electron chi connectivity index (χ0n) is 9.68. The van der Waals surface area contributed by atoms with Crippen LogP contribution in [0.1, 0.15) is 6.92 Å². The molecule has 0 saturated heterocycles. The van der Waals surface area contributed by atoms with Crippen LogP contribution >= 0.6 is 11.6 Å².